The van der Waals surface area contributed by atoms with Gasteiger partial charge in [0.2, 0.25) is 0 Å². The number of urea groups is 1. The molecule has 1 heterocycles. The predicted molar refractivity (Wildman–Crippen MR) is 88.2 cm³/mol. The zero-order valence-electron chi connectivity index (χ0n) is 13.6. The second-order valence-electron chi connectivity index (χ2n) is 4.95. The van der Waals surface area contributed by atoms with Crippen LogP contribution in [0.3, 0.4) is 0 Å². The Hall–Kier alpha value is -3.49. The first kappa shape index (κ1) is 17.9. The third kappa shape index (κ3) is 4.08. The Kier molecular flexibility index (Phi) is 5.62. The van der Waals surface area contributed by atoms with Crippen LogP contribution in [-0.2, 0) is 6.54 Å². The van der Waals surface area contributed by atoms with Gasteiger partial charge in [0, 0.05) is 31.1 Å². The summed E-state index contributed by atoms with van der Waals surface area (Å²) in [4.78, 5) is 40.1. The van der Waals surface area contributed by atoms with Gasteiger partial charge in [-0.1, -0.05) is 6.07 Å². The molecule has 1 aromatic heterocycles. The minimum atomic E-state index is -0.672. The van der Waals surface area contributed by atoms with E-state index in [0.717, 1.165) is 11.0 Å². The summed E-state index contributed by atoms with van der Waals surface area (Å²) in [5.74, 6) is -0.644. The highest BCUT2D eigenvalue weighted by atomic mass is 16.6. The number of ether oxygens (including phenoxy) is 1. The number of methoxy groups -OCH3 is 1. The van der Waals surface area contributed by atoms with E-state index in [1.807, 2.05) is 0 Å². The largest absolute Gasteiger partial charge is 0.490 e. The maximum absolute atomic E-state index is 12.7. The molecule has 2 rings (SSSR count). The number of carbonyl (C=O) groups is 2. The van der Waals surface area contributed by atoms with E-state index in [4.69, 9.17) is 4.74 Å². The van der Waals surface area contributed by atoms with Gasteiger partial charge in [0.15, 0.2) is 5.75 Å². The van der Waals surface area contributed by atoms with Crippen LogP contribution in [0.15, 0.2) is 42.7 Å². The SMILES string of the molecule is CNC(=O)N(Cc1cccnc1)C(=O)c1ccc(OC)c([N+](=O)[O-])c1. The number of amides is 3. The van der Waals surface area contributed by atoms with Crippen molar-refractivity contribution in [1.82, 2.24) is 15.2 Å². The lowest BCUT2D eigenvalue weighted by Gasteiger charge is -2.20. The number of hydrogen-bond donors (Lipinski definition) is 1. The minimum absolute atomic E-state index is 0.00000898. The summed E-state index contributed by atoms with van der Waals surface area (Å²) < 4.78 is 4.91. The predicted octanol–water partition coefficient (Wildman–Crippen LogP) is 1.98. The summed E-state index contributed by atoms with van der Waals surface area (Å²) >= 11 is 0. The Bertz CT molecular complexity index is 794. The zero-order chi connectivity index (χ0) is 18.4. The molecule has 0 spiro atoms. The second kappa shape index (κ2) is 7.86. The van der Waals surface area contributed by atoms with Crippen molar-refractivity contribution in [3.63, 3.8) is 0 Å². The summed E-state index contributed by atoms with van der Waals surface area (Å²) in [5, 5.41) is 13.5. The Morgan fingerprint density at radius 3 is 2.68 bits per heavy atom. The molecule has 0 aliphatic carbocycles. The fourth-order valence-electron chi connectivity index (χ4n) is 2.17. The molecule has 9 nitrogen and oxygen atoms in total. The van der Waals surface area contributed by atoms with Crippen molar-refractivity contribution in [2.75, 3.05) is 14.2 Å². The lowest BCUT2D eigenvalue weighted by Crippen LogP contribution is -2.41. The van der Waals surface area contributed by atoms with E-state index in [9.17, 15) is 19.7 Å². The first-order valence-corrected chi connectivity index (χ1v) is 7.22. The lowest BCUT2D eigenvalue weighted by atomic mass is 10.1. The summed E-state index contributed by atoms with van der Waals surface area (Å²) in [6, 6.07) is 6.53. The Morgan fingerprint density at radius 1 is 1.36 bits per heavy atom. The molecule has 0 aliphatic heterocycles. The number of nitro groups is 1. The molecule has 130 valence electrons. The van der Waals surface area contributed by atoms with E-state index in [-0.39, 0.29) is 23.5 Å². The van der Waals surface area contributed by atoms with E-state index in [0.29, 0.717) is 5.56 Å². The fourth-order valence-corrected chi connectivity index (χ4v) is 2.17. The molecule has 0 bridgehead atoms. The van der Waals surface area contributed by atoms with Crippen molar-refractivity contribution in [3.8, 4) is 5.75 Å². The monoisotopic (exact) mass is 344 g/mol. The molecule has 1 aromatic carbocycles. The lowest BCUT2D eigenvalue weighted by molar-refractivity contribution is -0.385. The van der Waals surface area contributed by atoms with Crippen LogP contribution in [0.2, 0.25) is 0 Å². The molecular formula is C16H16N4O5. The third-order valence-corrected chi connectivity index (χ3v) is 3.39. The van der Waals surface area contributed by atoms with Gasteiger partial charge in [-0.15, -0.1) is 0 Å². The van der Waals surface area contributed by atoms with E-state index in [1.54, 1.807) is 18.3 Å². The van der Waals surface area contributed by atoms with Gasteiger partial charge in [0.25, 0.3) is 5.91 Å². The van der Waals surface area contributed by atoms with Crippen LogP contribution >= 0.6 is 0 Å². The van der Waals surface area contributed by atoms with Crippen molar-refractivity contribution in [1.29, 1.82) is 0 Å². The summed E-state index contributed by atoms with van der Waals surface area (Å²) in [6.45, 7) is -0.0217. The second-order valence-corrected chi connectivity index (χ2v) is 4.95. The highest BCUT2D eigenvalue weighted by Gasteiger charge is 2.25. The van der Waals surface area contributed by atoms with Crippen molar-refractivity contribution < 1.29 is 19.2 Å². The van der Waals surface area contributed by atoms with Gasteiger partial charge >= 0.3 is 11.7 Å². The molecule has 0 radical (unpaired) electrons. The Balaban J connectivity index is 2.38. The Morgan fingerprint density at radius 2 is 2.12 bits per heavy atom. The van der Waals surface area contributed by atoms with Gasteiger partial charge in [-0.2, -0.15) is 0 Å². The molecule has 0 fully saturated rings. The number of aromatic nitrogens is 1. The summed E-state index contributed by atoms with van der Waals surface area (Å²) in [5.41, 5.74) is 0.286. The van der Waals surface area contributed by atoms with Gasteiger partial charge in [-0.05, 0) is 23.8 Å². The molecule has 9 heteroatoms. The summed E-state index contributed by atoms with van der Waals surface area (Å²) in [6.07, 6.45) is 3.10. The smallest absolute Gasteiger partial charge is 0.324 e. The standard InChI is InChI=1S/C16H16N4O5/c1-17-16(22)19(10-11-4-3-7-18-9-11)15(21)12-5-6-14(25-2)13(8-12)20(23)24/h3-9H,10H2,1-2H3,(H,17,22). The van der Waals surface area contributed by atoms with Gasteiger partial charge in [-0.25, -0.2) is 4.79 Å². The first-order valence-electron chi connectivity index (χ1n) is 7.22. The zero-order valence-corrected chi connectivity index (χ0v) is 13.6. The number of imide groups is 1. The quantitative estimate of drug-likeness (QED) is 0.655. The molecule has 3 amide bonds. The number of nitrogens with one attached hydrogen (secondary N) is 1. The normalized spacial score (nSPS) is 10.0. The van der Waals surface area contributed by atoms with E-state index in [2.05, 4.69) is 10.3 Å². The average Bonchev–Trinajstić information content (AvgIpc) is 2.65. The maximum atomic E-state index is 12.7. The van der Waals surface area contributed by atoms with Crippen LogP contribution in [0.5, 0.6) is 5.75 Å². The number of rotatable bonds is 5. The van der Waals surface area contributed by atoms with Crippen LogP contribution in [-0.4, -0.2) is 40.9 Å². The average molecular weight is 344 g/mol. The van der Waals surface area contributed by atoms with Crippen LogP contribution in [0.4, 0.5) is 10.5 Å². The third-order valence-electron chi connectivity index (χ3n) is 3.39. The van der Waals surface area contributed by atoms with E-state index >= 15 is 0 Å². The first-order chi connectivity index (χ1) is 12.0. The molecule has 0 saturated heterocycles. The van der Waals surface area contributed by atoms with Crippen LogP contribution < -0.4 is 10.1 Å². The van der Waals surface area contributed by atoms with Crippen molar-refractivity contribution in [2.45, 2.75) is 6.54 Å². The fraction of sp³-hybridized carbons (Fsp3) is 0.188. The number of benzene rings is 1. The van der Waals surface area contributed by atoms with Crippen molar-refractivity contribution in [2.24, 2.45) is 0 Å². The maximum Gasteiger partial charge on any atom is 0.324 e. The van der Waals surface area contributed by atoms with E-state index in [1.165, 1.54) is 32.5 Å². The van der Waals surface area contributed by atoms with E-state index < -0.39 is 16.9 Å². The molecule has 0 unspecified atom stereocenters. The molecule has 2 aromatic rings. The Labute approximate surface area is 143 Å². The number of pyridine rings is 1. The highest BCUT2D eigenvalue weighted by molar-refractivity contribution is 6.04. The number of nitrogens with zero attached hydrogens (tertiary/aromatic N) is 3. The number of nitro benzene ring substituents is 1. The van der Waals surface area contributed by atoms with Crippen LogP contribution in [0.1, 0.15) is 15.9 Å². The highest BCUT2D eigenvalue weighted by Crippen LogP contribution is 2.28. The molecule has 0 atom stereocenters. The molecular weight excluding hydrogens is 328 g/mol. The van der Waals surface area contributed by atoms with Crippen LogP contribution in [0.25, 0.3) is 0 Å². The summed E-state index contributed by atoms with van der Waals surface area (Å²) in [7, 11) is 2.69. The number of carbonyl (C=O) groups excluding carboxylic acids is 2. The van der Waals surface area contributed by atoms with Crippen LogP contribution in [0, 0.1) is 10.1 Å². The van der Waals surface area contributed by atoms with Gasteiger partial charge in [0.05, 0.1) is 18.6 Å². The van der Waals surface area contributed by atoms with Gasteiger partial charge in [0.1, 0.15) is 0 Å². The number of hydrogen-bond acceptors (Lipinski definition) is 6. The van der Waals surface area contributed by atoms with Crippen molar-refractivity contribution in [3.05, 3.63) is 64.0 Å². The molecule has 0 saturated carbocycles. The van der Waals surface area contributed by atoms with Crippen molar-refractivity contribution >= 4 is 17.6 Å². The van der Waals surface area contributed by atoms with Gasteiger partial charge in [-0.3, -0.25) is 24.8 Å². The molecule has 0 aliphatic rings. The van der Waals surface area contributed by atoms with Gasteiger partial charge < -0.3 is 10.1 Å². The molecule has 1 N–H and O–H groups in total. The topological polar surface area (TPSA) is 115 Å². The minimum Gasteiger partial charge on any atom is -0.490 e. The molecule has 25 heavy (non-hydrogen) atoms.